The molecule has 0 aromatic carbocycles. The summed E-state index contributed by atoms with van der Waals surface area (Å²) in [6.07, 6.45) is 2.42. The van der Waals surface area contributed by atoms with Crippen LogP contribution in [0.25, 0.3) is 0 Å². The molecule has 1 rings (SSSR count). The molecule has 0 aromatic rings. The van der Waals surface area contributed by atoms with Gasteiger partial charge in [0.1, 0.15) is 5.88 Å². The number of rotatable bonds is 5. The zero-order valence-corrected chi connectivity index (χ0v) is 11.1. The van der Waals surface area contributed by atoms with Crippen molar-refractivity contribution in [3.8, 4) is 0 Å². The fourth-order valence-electron chi connectivity index (χ4n) is 1.94. The monoisotopic (exact) mass is 267 g/mol. The Balaban J connectivity index is 2.66. The predicted molar refractivity (Wildman–Crippen MR) is 64.4 cm³/mol. The number of amides is 1. The van der Waals surface area contributed by atoms with Gasteiger partial charge in [0.15, 0.2) is 9.84 Å². The van der Waals surface area contributed by atoms with Gasteiger partial charge in [-0.3, -0.25) is 4.79 Å². The third-order valence-electron chi connectivity index (χ3n) is 2.84. The van der Waals surface area contributed by atoms with E-state index in [-0.39, 0.29) is 29.3 Å². The molecule has 1 amide bonds. The molecular formula is C10H18ClNO3S. The van der Waals surface area contributed by atoms with Crippen LogP contribution in [0.5, 0.6) is 0 Å². The fraction of sp³-hybridized carbons (Fsp3) is 0.900. The zero-order valence-electron chi connectivity index (χ0n) is 9.49. The second kappa shape index (κ2) is 5.87. The molecule has 6 heteroatoms. The van der Waals surface area contributed by atoms with Crippen molar-refractivity contribution in [2.75, 3.05) is 23.9 Å². The topological polar surface area (TPSA) is 54.5 Å². The summed E-state index contributed by atoms with van der Waals surface area (Å²) >= 11 is 5.53. The van der Waals surface area contributed by atoms with E-state index in [4.69, 9.17) is 11.6 Å². The van der Waals surface area contributed by atoms with E-state index in [2.05, 4.69) is 0 Å². The SMILES string of the molecule is CCCCN(C(=O)CCl)C1CCS(=O)(=O)C1. The molecule has 1 heterocycles. The number of carbonyl (C=O) groups excluding carboxylic acids is 1. The zero-order chi connectivity index (χ0) is 12.2. The summed E-state index contributed by atoms with van der Waals surface area (Å²) in [6.45, 7) is 2.65. The highest BCUT2D eigenvalue weighted by atomic mass is 35.5. The summed E-state index contributed by atoms with van der Waals surface area (Å²) in [4.78, 5) is 13.3. The Bertz CT molecular complexity index is 342. The van der Waals surface area contributed by atoms with Crippen LogP contribution in [0.1, 0.15) is 26.2 Å². The van der Waals surface area contributed by atoms with Crippen molar-refractivity contribution in [1.29, 1.82) is 0 Å². The molecule has 0 radical (unpaired) electrons. The van der Waals surface area contributed by atoms with Crippen LogP contribution in [0.2, 0.25) is 0 Å². The molecule has 1 saturated heterocycles. The van der Waals surface area contributed by atoms with E-state index in [1.54, 1.807) is 4.90 Å². The number of nitrogens with zero attached hydrogens (tertiary/aromatic N) is 1. The van der Waals surface area contributed by atoms with Crippen molar-refractivity contribution in [2.45, 2.75) is 32.2 Å². The van der Waals surface area contributed by atoms with Crippen LogP contribution in [0.15, 0.2) is 0 Å². The van der Waals surface area contributed by atoms with Gasteiger partial charge in [0.25, 0.3) is 0 Å². The molecule has 1 fully saturated rings. The number of hydrogen-bond acceptors (Lipinski definition) is 3. The van der Waals surface area contributed by atoms with Crippen LogP contribution >= 0.6 is 11.6 Å². The quantitative estimate of drug-likeness (QED) is 0.700. The van der Waals surface area contributed by atoms with Gasteiger partial charge < -0.3 is 4.90 Å². The molecule has 1 aliphatic heterocycles. The number of sulfone groups is 1. The summed E-state index contributed by atoms with van der Waals surface area (Å²) in [7, 11) is -2.94. The highest BCUT2D eigenvalue weighted by molar-refractivity contribution is 7.91. The van der Waals surface area contributed by atoms with E-state index in [9.17, 15) is 13.2 Å². The van der Waals surface area contributed by atoms with E-state index >= 15 is 0 Å². The summed E-state index contributed by atoms with van der Waals surface area (Å²) in [5.74, 6) is 0.0624. The second-order valence-corrected chi connectivity index (χ2v) is 6.63. The lowest BCUT2D eigenvalue weighted by atomic mass is 10.2. The largest absolute Gasteiger partial charge is 0.338 e. The minimum atomic E-state index is -2.94. The normalized spacial score (nSPS) is 23.2. The van der Waals surface area contributed by atoms with Crippen LogP contribution in [0.4, 0.5) is 0 Å². The maximum atomic E-state index is 11.6. The molecule has 94 valence electrons. The van der Waals surface area contributed by atoms with Crippen LogP contribution in [0, 0.1) is 0 Å². The van der Waals surface area contributed by atoms with Crippen LogP contribution < -0.4 is 0 Å². The van der Waals surface area contributed by atoms with Crippen molar-refractivity contribution < 1.29 is 13.2 Å². The Labute approximate surface area is 102 Å². The third kappa shape index (κ3) is 3.63. The van der Waals surface area contributed by atoms with E-state index in [0.29, 0.717) is 13.0 Å². The molecule has 0 aromatic heterocycles. The van der Waals surface area contributed by atoms with E-state index in [1.807, 2.05) is 6.92 Å². The number of alkyl halides is 1. The Hall–Kier alpha value is -0.290. The Morgan fingerprint density at radius 2 is 2.19 bits per heavy atom. The Kier molecular flexibility index (Phi) is 5.05. The van der Waals surface area contributed by atoms with E-state index < -0.39 is 9.84 Å². The van der Waals surface area contributed by atoms with Gasteiger partial charge in [0.2, 0.25) is 5.91 Å². The van der Waals surface area contributed by atoms with Crippen molar-refractivity contribution >= 4 is 27.3 Å². The molecule has 0 saturated carbocycles. The lowest BCUT2D eigenvalue weighted by molar-refractivity contribution is -0.130. The molecule has 4 nitrogen and oxygen atoms in total. The van der Waals surface area contributed by atoms with E-state index in [0.717, 1.165) is 12.8 Å². The minimum absolute atomic E-state index is 0.0692. The molecule has 1 aliphatic rings. The van der Waals surface area contributed by atoms with Crippen LogP contribution in [0.3, 0.4) is 0 Å². The molecule has 1 atom stereocenters. The van der Waals surface area contributed by atoms with Gasteiger partial charge in [-0.05, 0) is 12.8 Å². The lowest BCUT2D eigenvalue weighted by Gasteiger charge is -2.27. The van der Waals surface area contributed by atoms with Crippen molar-refractivity contribution in [3.05, 3.63) is 0 Å². The highest BCUT2D eigenvalue weighted by Gasteiger charge is 2.33. The van der Waals surface area contributed by atoms with Crippen molar-refractivity contribution in [2.24, 2.45) is 0 Å². The van der Waals surface area contributed by atoms with Crippen molar-refractivity contribution in [1.82, 2.24) is 4.90 Å². The van der Waals surface area contributed by atoms with Gasteiger partial charge in [-0.25, -0.2) is 8.42 Å². The van der Waals surface area contributed by atoms with Gasteiger partial charge in [-0.1, -0.05) is 13.3 Å². The number of halogens is 1. The second-order valence-electron chi connectivity index (χ2n) is 4.13. The van der Waals surface area contributed by atoms with Crippen LogP contribution in [-0.4, -0.2) is 49.2 Å². The smallest absolute Gasteiger partial charge is 0.237 e. The number of unbranched alkanes of at least 4 members (excludes halogenated alkanes) is 1. The summed E-state index contributed by atoms with van der Waals surface area (Å²) in [5, 5.41) is 0. The summed E-state index contributed by atoms with van der Waals surface area (Å²) in [6, 6.07) is -0.164. The molecule has 0 bridgehead atoms. The number of hydrogen-bond donors (Lipinski definition) is 0. The predicted octanol–water partition coefficient (Wildman–Crippen LogP) is 1.04. The fourth-order valence-corrected chi connectivity index (χ4v) is 3.82. The minimum Gasteiger partial charge on any atom is -0.338 e. The van der Waals surface area contributed by atoms with Gasteiger partial charge in [-0.2, -0.15) is 0 Å². The molecule has 0 aliphatic carbocycles. The van der Waals surface area contributed by atoms with Crippen molar-refractivity contribution in [3.63, 3.8) is 0 Å². The maximum absolute atomic E-state index is 11.6. The third-order valence-corrected chi connectivity index (χ3v) is 4.82. The van der Waals surface area contributed by atoms with Gasteiger partial charge >= 0.3 is 0 Å². The van der Waals surface area contributed by atoms with Gasteiger partial charge in [0.05, 0.1) is 11.5 Å². The average molecular weight is 268 g/mol. The lowest BCUT2D eigenvalue weighted by Crippen LogP contribution is -2.42. The number of carbonyl (C=O) groups is 1. The van der Waals surface area contributed by atoms with Crippen LogP contribution in [-0.2, 0) is 14.6 Å². The molecule has 0 spiro atoms. The summed E-state index contributed by atoms with van der Waals surface area (Å²) in [5.41, 5.74) is 0. The van der Waals surface area contributed by atoms with E-state index in [1.165, 1.54) is 0 Å². The van der Waals surface area contributed by atoms with Gasteiger partial charge in [0, 0.05) is 12.6 Å². The Morgan fingerprint density at radius 3 is 2.62 bits per heavy atom. The molecule has 16 heavy (non-hydrogen) atoms. The standard InChI is InChI=1S/C10H18ClNO3S/c1-2-3-5-12(10(13)7-11)9-4-6-16(14,15)8-9/h9H,2-8H2,1H3. The molecular weight excluding hydrogens is 250 g/mol. The first-order chi connectivity index (χ1) is 7.50. The first-order valence-corrected chi connectivity index (χ1v) is 7.91. The summed E-state index contributed by atoms with van der Waals surface area (Å²) < 4.78 is 22.7. The Morgan fingerprint density at radius 1 is 1.50 bits per heavy atom. The maximum Gasteiger partial charge on any atom is 0.237 e. The first-order valence-electron chi connectivity index (χ1n) is 5.56. The first kappa shape index (κ1) is 13.8. The average Bonchev–Trinajstić information content (AvgIpc) is 2.59. The highest BCUT2D eigenvalue weighted by Crippen LogP contribution is 2.18. The molecule has 0 N–H and O–H groups in total. The van der Waals surface area contributed by atoms with Gasteiger partial charge in [-0.15, -0.1) is 11.6 Å². The molecule has 1 unspecified atom stereocenters.